The van der Waals surface area contributed by atoms with Crippen LogP contribution in [0.5, 0.6) is 5.75 Å². The number of ether oxygens (including phenoxy) is 1. The predicted molar refractivity (Wildman–Crippen MR) is 93.2 cm³/mol. The molecule has 110 valence electrons. The first-order valence-electron chi connectivity index (χ1n) is 7.32. The summed E-state index contributed by atoms with van der Waals surface area (Å²) in [7, 11) is 0. The summed E-state index contributed by atoms with van der Waals surface area (Å²) in [6.07, 6.45) is 1.85. The molecule has 0 amide bonds. The summed E-state index contributed by atoms with van der Waals surface area (Å²) < 4.78 is 5.44. The Bertz CT molecular complexity index is 807. The Hall–Kier alpha value is -2.81. The fourth-order valence-corrected chi connectivity index (χ4v) is 2.38. The van der Waals surface area contributed by atoms with Crippen molar-refractivity contribution in [3.63, 3.8) is 0 Å². The number of nitrogen functional groups attached to an aromatic ring is 1. The van der Waals surface area contributed by atoms with Gasteiger partial charge in [0, 0.05) is 22.7 Å². The summed E-state index contributed by atoms with van der Waals surface area (Å²) in [6.45, 7) is 2.65. The van der Waals surface area contributed by atoms with E-state index in [9.17, 15) is 0 Å². The second-order valence-electron chi connectivity index (χ2n) is 4.98. The highest BCUT2D eigenvalue weighted by molar-refractivity contribution is 6.01. The Balaban J connectivity index is 1.91. The molecule has 0 saturated carbocycles. The highest BCUT2D eigenvalue weighted by Gasteiger charge is 2.01. The highest BCUT2D eigenvalue weighted by Crippen LogP contribution is 2.30. The number of rotatable bonds is 4. The zero-order valence-corrected chi connectivity index (χ0v) is 12.5. The molecule has 0 aliphatic carbocycles. The summed E-state index contributed by atoms with van der Waals surface area (Å²) in [5.41, 5.74) is 8.73. The molecule has 0 aliphatic rings. The quantitative estimate of drug-likeness (QED) is 0.565. The van der Waals surface area contributed by atoms with Crippen LogP contribution in [0.2, 0.25) is 0 Å². The minimum absolute atomic E-state index is 0.671. The third-order valence-electron chi connectivity index (χ3n) is 3.48. The Morgan fingerprint density at radius 2 is 1.68 bits per heavy atom. The van der Waals surface area contributed by atoms with Crippen molar-refractivity contribution < 1.29 is 4.74 Å². The monoisotopic (exact) mass is 290 g/mol. The van der Waals surface area contributed by atoms with Crippen LogP contribution in [0.25, 0.3) is 10.8 Å². The van der Waals surface area contributed by atoms with E-state index < -0.39 is 0 Å². The van der Waals surface area contributed by atoms with Crippen LogP contribution in [0.4, 0.5) is 11.4 Å². The standard InChI is InChI=1S/C19H18N2O/c1-2-22-15-9-7-14(8-10-15)13-21-19-12-11-18(20)16-5-3-4-6-17(16)19/h3-13H,2,20H2,1H3/b21-13+. The molecule has 0 fully saturated rings. The number of anilines is 1. The van der Waals surface area contributed by atoms with Gasteiger partial charge in [0.25, 0.3) is 0 Å². The fourth-order valence-electron chi connectivity index (χ4n) is 2.38. The number of aliphatic imine (C=N–C) groups is 1. The topological polar surface area (TPSA) is 47.6 Å². The fraction of sp³-hybridized carbons (Fsp3) is 0.105. The molecule has 0 aliphatic heterocycles. The Labute approximate surface area is 130 Å². The summed E-state index contributed by atoms with van der Waals surface area (Å²) in [5, 5.41) is 2.09. The van der Waals surface area contributed by atoms with Crippen molar-refractivity contribution in [2.75, 3.05) is 12.3 Å². The van der Waals surface area contributed by atoms with Gasteiger partial charge in [0.1, 0.15) is 5.75 Å². The van der Waals surface area contributed by atoms with E-state index in [1.807, 2.05) is 73.8 Å². The lowest BCUT2D eigenvalue weighted by Crippen LogP contribution is -1.91. The molecule has 3 aromatic carbocycles. The van der Waals surface area contributed by atoms with Gasteiger partial charge >= 0.3 is 0 Å². The minimum Gasteiger partial charge on any atom is -0.494 e. The highest BCUT2D eigenvalue weighted by atomic mass is 16.5. The molecule has 0 aromatic heterocycles. The molecule has 0 heterocycles. The second-order valence-corrected chi connectivity index (χ2v) is 4.98. The lowest BCUT2D eigenvalue weighted by Gasteiger charge is -2.05. The third kappa shape index (κ3) is 2.93. The summed E-state index contributed by atoms with van der Waals surface area (Å²) in [5.74, 6) is 0.873. The number of hydrogen-bond acceptors (Lipinski definition) is 3. The first-order chi connectivity index (χ1) is 10.8. The van der Waals surface area contributed by atoms with Gasteiger partial charge in [-0.1, -0.05) is 24.3 Å². The van der Waals surface area contributed by atoms with E-state index in [1.165, 1.54) is 0 Å². The molecule has 22 heavy (non-hydrogen) atoms. The molecule has 3 heteroatoms. The van der Waals surface area contributed by atoms with Crippen LogP contribution in [0.1, 0.15) is 12.5 Å². The van der Waals surface area contributed by atoms with Crippen LogP contribution in [-0.4, -0.2) is 12.8 Å². The van der Waals surface area contributed by atoms with Gasteiger partial charge in [-0.15, -0.1) is 0 Å². The van der Waals surface area contributed by atoms with Crippen molar-refractivity contribution in [3.05, 3.63) is 66.2 Å². The molecule has 0 unspecified atom stereocenters. The van der Waals surface area contributed by atoms with Crippen molar-refractivity contribution >= 4 is 28.4 Å². The Morgan fingerprint density at radius 3 is 2.41 bits per heavy atom. The minimum atomic E-state index is 0.671. The molecule has 0 atom stereocenters. The predicted octanol–water partition coefficient (Wildman–Crippen LogP) is 4.57. The van der Waals surface area contributed by atoms with E-state index in [2.05, 4.69) is 4.99 Å². The Kier molecular flexibility index (Phi) is 4.05. The largest absolute Gasteiger partial charge is 0.494 e. The molecule has 3 nitrogen and oxygen atoms in total. The van der Waals surface area contributed by atoms with Crippen LogP contribution in [0.15, 0.2) is 65.7 Å². The summed E-state index contributed by atoms with van der Waals surface area (Å²) in [4.78, 5) is 4.60. The average Bonchev–Trinajstić information content (AvgIpc) is 2.56. The number of nitrogens with two attached hydrogens (primary N) is 1. The molecule has 0 saturated heterocycles. The summed E-state index contributed by atoms with van der Waals surface area (Å²) in [6, 6.07) is 19.8. The Morgan fingerprint density at radius 1 is 0.955 bits per heavy atom. The van der Waals surface area contributed by atoms with Crippen molar-refractivity contribution in [1.29, 1.82) is 0 Å². The van der Waals surface area contributed by atoms with E-state index in [0.29, 0.717) is 6.61 Å². The van der Waals surface area contributed by atoms with Gasteiger partial charge in [-0.25, -0.2) is 0 Å². The SMILES string of the molecule is CCOc1ccc(/C=N/c2ccc(N)c3ccccc23)cc1. The van der Waals surface area contributed by atoms with Crippen LogP contribution in [0, 0.1) is 0 Å². The van der Waals surface area contributed by atoms with Crippen LogP contribution < -0.4 is 10.5 Å². The van der Waals surface area contributed by atoms with Gasteiger partial charge in [-0.3, -0.25) is 4.99 Å². The third-order valence-corrected chi connectivity index (χ3v) is 3.48. The molecular formula is C19H18N2O. The van der Waals surface area contributed by atoms with E-state index in [0.717, 1.165) is 33.5 Å². The summed E-state index contributed by atoms with van der Waals surface area (Å²) >= 11 is 0. The lowest BCUT2D eigenvalue weighted by molar-refractivity contribution is 0.340. The maximum Gasteiger partial charge on any atom is 0.119 e. The van der Waals surface area contributed by atoms with Gasteiger partial charge < -0.3 is 10.5 Å². The van der Waals surface area contributed by atoms with E-state index >= 15 is 0 Å². The molecule has 0 bridgehead atoms. The maximum atomic E-state index is 6.01. The lowest BCUT2D eigenvalue weighted by atomic mass is 10.1. The average molecular weight is 290 g/mol. The maximum absolute atomic E-state index is 6.01. The molecular weight excluding hydrogens is 272 g/mol. The van der Waals surface area contributed by atoms with E-state index in [4.69, 9.17) is 10.5 Å². The van der Waals surface area contributed by atoms with E-state index in [1.54, 1.807) is 0 Å². The van der Waals surface area contributed by atoms with E-state index in [-0.39, 0.29) is 0 Å². The number of benzene rings is 3. The van der Waals surface area contributed by atoms with Gasteiger partial charge in [-0.2, -0.15) is 0 Å². The van der Waals surface area contributed by atoms with Gasteiger partial charge in [0.05, 0.1) is 12.3 Å². The zero-order valence-electron chi connectivity index (χ0n) is 12.5. The van der Waals surface area contributed by atoms with Gasteiger partial charge in [0.15, 0.2) is 0 Å². The first-order valence-corrected chi connectivity index (χ1v) is 7.32. The molecule has 2 N–H and O–H groups in total. The van der Waals surface area contributed by atoms with Crippen LogP contribution in [0.3, 0.4) is 0 Å². The van der Waals surface area contributed by atoms with Crippen molar-refractivity contribution in [1.82, 2.24) is 0 Å². The molecule has 3 rings (SSSR count). The molecule has 3 aromatic rings. The zero-order chi connectivity index (χ0) is 15.4. The van der Waals surface area contributed by atoms with Crippen LogP contribution >= 0.6 is 0 Å². The molecule has 0 spiro atoms. The smallest absolute Gasteiger partial charge is 0.119 e. The normalized spacial score (nSPS) is 11.1. The van der Waals surface area contributed by atoms with Gasteiger partial charge in [0.2, 0.25) is 0 Å². The second kappa shape index (κ2) is 6.31. The van der Waals surface area contributed by atoms with Crippen molar-refractivity contribution in [2.24, 2.45) is 4.99 Å². The van der Waals surface area contributed by atoms with Crippen LogP contribution in [-0.2, 0) is 0 Å². The first kappa shape index (κ1) is 14.1. The van der Waals surface area contributed by atoms with Crippen molar-refractivity contribution in [3.8, 4) is 5.75 Å². The number of hydrogen-bond donors (Lipinski definition) is 1. The van der Waals surface area contributed by atoms with Gasteiger partial charge in [-0.05, 0) is 48.9 Å². The number of nitrogens with zero attached hydrogens (tertiary/aromatic N) is 1. The number of fused-ring (bicyclic) bond motifs is 1. The molecule has 0 radical (unpaired) electrons. The van der Waals surface area contributed by atoms with Crippen molar-refractivity contribution in [2.45, 2.75) is 6.92 Å².